The number of likely N-dealkylation sites (tertiary alicyclic amines) is 1. The lowest BCUT2D eigenvalue weighted by atomic mass is 9.87. The van der Waals surface area contributed by atoms with Gasteiger partial charge in [0, 0.05) is 24.8 Å². The second-order valence-electron chi connectivity index (χ2n) is 8.30. The van der Waals surface area contributed by atoms with Gasteiger partial charge in [-0.2, -0.15) is 5.26 Å². The van der Waals surface area contributed by atoms with Gasteiger partial charge >= 0.3 is 0 Å². The molecular weight excluding hydrogens is 342 g/mol. The average Bonchev–Trinajstić information content (AvgIpc) is 3.11. The number of benzene rings is 3. The molecule has 0 amide bonds. The van der Waals surface area contributed by atoms with Gasteiger partial charge in [-0.3, -0.25) is 4.90 Å². The summed E-state index contributed by atoms with van der Waals surface area (Å²) in [5, 5.41) is 16.3. The van der Waals surface area contributed by atoms with Gasteiger partial charge in [-0.25, -0.2) is 0 Å². The van der Waals surface area contributed by atoms with E-state index in [9.17, 15) is 5.26 Å². The summed E-state index contributed by atoms with van der Waals surface area (Å²) in [4.78, 5) is 2.58. The standard InChI is InChI=1S/C25H25N3/c1-18-8-10-21(11-9-18)27-25(17-26)12-14-28(15-13-25)23-16-20-6-2-4-19-5-3-7-22(23)24(19)20/h2-11,23,27H,12-16H2,1H3. The van der Waals surface area contributed by atoms with E-state index in [1.807, 2.05) is 0 Å². The highest BCUT2D eigenvalue weighted by Crippen LogP contribution is 2.42. The lowest BCUT2D eigenvalue weighted by Gasteiger charge is -2.41. The zero-order chi connectivity index (χ0) is 19.1. The molecule has 1 heterocycles. The molecule has 0 radical (unpaired) electrons. The number of nitriles is 1. The third-order valence-corrected chi connectivity index (χ3v) is 6.54. The van der Waals surface area contributed by atoms with Crippen LogP contribution in [0.4, 0.5) is 5.69 Å². The number of aryl methyl sites for hydroxylation is 1. The highest BCUT2D eigenvalue weighted by Gasteiger charge is 2.38. The molecule has 5 rings (SSSR count). The van der Waals surface area contributed by atoms with Crippen molar-refractivity contribution in [3.63, 3.8) is 0 Å². The van der Waals surface area contributed by atoms with Crippen LogP contribution in [-0.2, 0) is 6.42 Å². The van der Waals surface area contributed by atoms with Gasteiger partial charge in [-0.1, -0.05) is 54.1 Å². The van der Waals surface area contributed by atoms with Gasteiger partial charge in [-0.05, 0) is 60.2 Å². The highest BCUT2D eigenvalue weighted by atomic mass is 15.2. The molecule has 1 N–H and O–H groups in total. The van der Waals surface area contributed by atoms with Gasteiger partial charge in [0.25, 0.3) is 0 Å². The van der Waals surface area contributed by atoms with E-state index in [1.54, 1.807) is 0 Å². The zero-order valence-electron chi connectivity index (χ0n) is 16.3. The van der Waals surface area contributed by atoms with Gasteiger partial charge in [0.2, 0.25) is 0 Å². The Morgan fingerprint density at radius 3 is 2.43 bits per heavy atom. The third kappa shape index (κ3) is 2.85. The first kappa shape index (κ1) is 17.3. The zero-order valence-corrected chi connectivity index (χ0v) is 16.3. The van der Waals surface area contributed by atoms with Gasteiger partial charge in [0.05, 0.1) is 6.07 Å². The summed E-state index contributed by atoms with van der Waals surface area (Å²) >= 11 is 0. The van der Waals surface area contributed by atoms with E-state index in [4.69, 9.17) is 0 Å². The maximum absolute atomic E-state index is 9.94. The van der Waals surface area contributed by atoms with Crippen LogP contribution in [0.5, 0.6) is 0 Å². The Bertz CT molecular complexity index is 1050. The molecule has 0 saturated carbocycles. The number of hydrogen-bond acceptors (Lipinski definition) is 3. The van der Waals surface area contributed by atoms with Crippen molar-refractivity contribution >= 4 is 16.5 Å². The van der Waals surface area contributed by atoms with Crippen molar-refractivity contribution < 1.29 is 0 Å². The van der Waals surface area contributed by atoms with Crippen molar-refractivity contribution in [2.75, 3.05) is 18.4 Å². The van der Waals surface area contributed by atoms with E-state index >= 15 is 0 Å². The Balaban J connectivity index is 1.34. The van der Waals surface area contributed by atoms with Crippen molar-refractivity contribution in [3.8, 4) is 6.07 Å². The van der Waals surface area contributed by atoms with Gasteiger partial charge in [-0.15, -0.1) is 0 Å². The first-order valence-electron chi connectivity index (χ1n) is 10.2. The minimum Gasteiger partial charge on any atom is -0.367 e. The molecule has 3 nitrogen and oxygen atoms in total. The summed E-state index contributed by atoms with van der Waals surface area (Å²) < 4.78 is 0. The van der Waals surface area contributed by atoms with Crippen molar-refractivity contribution in [3.05, 3.63) is 77.4 Å². The fourth-order valence-electron chi connectivity index (χ4n) is 4.94. The van der Waals surface area contributed by atoms with Crippen molar-refractivity contribution in [2.45, 2.75) is 37.8 Å². The molecule has 0 bridgehead atoms. The van der Waals surface area contributed by atoms with Crippen LogP contribution in [0.3, 0.4) is 0 Å². The number of anilines is 1. The molecule has 28 heavy (non-hydrogen) atoms. The fraction of sp³-hybridized carbons (Fsp3) is 0.320. The maximum atomic E-state index is 9.94. The van der Waals surface area contributed by atoms with Crippen LogP contribution < -0.4 is 5.32 Å². The van der Waals surface area contributed by atoms with Crippen LogP contribution in [0, 0.1) is 18.3 Å². The van der Waals surface area contributed by atoms with E-state index in [-0.39, 0.29) is 0 Å². The molecule has 140 valence electrons. The van der Waals surface area contributed by atoms with E-state index in [1.165, 1.54) is 27.5 Å². The maximum Gasteiger partial charge on any atom is 0.127 e. The fourth-order valence-corrected chi connectivity index (χ4v) is 4.94. The number of piperidine rings is 1. The predicted molar refractivity (Wildman–Crippen MR) is 114 cm³/mol. The topological polar surface area (TPSA) is 39.1 Å². The molecule has 1 aliphatic heterocycles. The number of nitrogens with one attached hydrogen (secondary N) is 1. The molecule has 3 heteroatoms. The molecule has 1 atom stereocenters. The quantitative estimate of drug-likeness (QED) is 0.690. The predicted octanol–water partition coefficient (Wildman–Crippen LogP) is 5.22. The lowest BCUT2D eigenvalue weighted by molar-refractivity contribution is 0.144. The molecule has 1 fully saturated rings. The Morgan fingerprint density at radius 1 is 1.00 bits per heavy atom. The summed E-state index contributed by atoms with van der Waals surface area (Å²) in [5.74, 6) is 0. The van der Waals surface area contributed by atoms with Gasteiger partial charge in [0.1, 0.15) is 5.54 Å². The monoisotopic (exact) mass is 367 g/mol. The smallest absolute Gasteiger partial charge is 0.127 e. The highest BCUT2D eigenvalue weighted by molar-refractivity contribution is 5.91. The molecule has 1 aliphatic carbocycles. The van der Waals surface area contributed by atoms with E-state index in [2.05, 4.69) is 83.9 Å². The van der Waals surface area contributed by atoms with E-state index in [0.717, 1.165) is 38.0 Å². The number of hydrogen-bond donors (Lipinski definition) is 1. The summed E-state index contributed by atoms with van der Waals surface area (Å²) in [6.07, 6.45) is 2.78. The molecule has 0 aromatic heterocycles. The first-order valence-corrected chi connectivity index (χ1v) is 10.2. The minimum atomic E-state index is -0.469. The van der Waals surface area contributed by atoms with Crippen LogP contribution in [-0.4, -0.2) is 23.5 Å². The van der Waals surface area contributed by atoms with Gasteiger partial charge < -0.3 is 5.32 Å². The number of nitrogens with zero attached hydrogens (tertiary/aromatic N) is 2. The molecule has 0 spiro atoms. The molecule has 3 aromatic rings. The lowest BCUT2D eigenvalue weighted by Crippen LogP contribution is -2.49. The van der Waals surface area contributed by atoms with Crippen molar-refractivity contribution in [1.82, 2.24) is 4.90 Å². The second-order valence-corrected chi connectivity index (χ2v) is 8.30. The number of rotatable bonds is 3. The third-order valence-electron chi connectivity index (χ3n) is 6.54. The summed E-state index contributed by atoms with van der Waals surface area (Å²) in [6.45, 7) is 3.98. The Labute approximate surface area is 166 Å². The van der Waals surface area contributed by atoms with Gasteiger partial charge in [0.15, 0.2) is 0 Å². The van der Waals surface area contributed by atoms with Crippen LogP contribution >= 0.6 is 0 Å². The van der Waals surface area contributed by atoms with Crippen LogP contribution in [0.15, 0.2) is 60.7 Å². The van der Waals surface area contributed by atoms with E-state index < -0.39 is 5.54 Å². The minimum absolute atomic E-state index is 0.442. The largest absolute Gasteiger partial charge is 0.367 e. The summed E-state index contributed by atoms with van der Waals surface area (Å²) in [7, 11) is 0. The molecule has 2 aliphatic rings. The molecule has 3 aromatic carbocycles. The first-order chi connectivity index (χ1) is 13.7. The second kappa shape index (κ2) is 6.65. The van der Waals surface area contributed by atoms with Crippen LogP contribution in [0.2, 0.25) is 0 Å². The normalized spacial score (nSPS) is 20.8. The van der Waals surface area contributed by atoms with Crippen LogP contribution in [0.1, 0.15) is 35.6 Å². The average molecular weight is 367 g/mol. The SMILES string of the molecule is Cc1ccc(NC2(C#N)CCN(C3Cc4cccc5cccc3c45)CC2)cc1. The summed E-state index contributed by atoms with van der Waals surface area (Å²) in [6, 6.07) is 24.7. The summed E-state index contributed by atoms with van der Waals surface area (Å²) in [5.41, 5.74) is 4.74. The van der Waals surface area contributed by atoms with Crippen LogP contribution in [0.25, 0.3) is 10.8 Å². The molecule has 1 saturated heterocycles. The van der Waals surface area contributed by atoms with Crippen molar-refractivity contribution in [1.29, 1.82) is 5.26 Å². The van der Waals surface area contributed by atoms with E-state index in [0.29, 0.717) is 6.04 Å². The Hall–Kier alpha value is -2.83. The Kier molecular flexibility index (Phi) is 4.10. The molecule has 1 unspecified atom stereocenters. The molecular formula is C25H25N3. The van der Waals surface area contributed by atoms with Crippen molar-refractivity contribution in [2.24, 2.45) is 0 Å². The Morgan fingerprint density at radius 2 is 1.71 bits per heavy atom.